The van der Waals surface area contributed by atoms with Crippen molar-refractivity contribution in [2.45, 2.75) is 50.5 Å². The molecule has 3 aromatic carbocycles. The Labute approximate surface area is 221 Å². The van der Waals surface area contributed by atoms with Crippen molar-refractivity contribution in [2.75, 3.05) is 0 Å². The van der Waals surface area contributed by atoms with E-state index in [9.17, 15) is 24.0 Å². The lowest BCUT2D eigenvalue weighted by molar-refractivity contribution is -0.122. The molecule has 37 heavy (non-hydrogen) atoms. The second kappa shape index (κ2) is 12.4. The van der Waals surface area contributed by atoms with Crippen molar-refractivity contribution in [2.24, 2.45) is 0 Å². The van der Waals surface area contributed by atoms with Crippen LogP contribution in [0.25, 0.3) is 0 Å². The monoisotopic (exact) mass is 522 g/mol. The standard InChI is InChI=1S/C28H29BClFN2O4/c30-24-14-4-3-12-23(24)25(32-28(35)22-13-6-9-19-8-1-2-11-21(19)22)17-27(34)33-26(29(36)37)16-18-7-5-10-20(31)15-18/h3-7,9-10,12-15,25-26,36-37H,1-2,8,11,16-17H2,(H,32,35)(H,33,34). The van der Waals surface area contributed by atoms with Gasteiger partial charge in [0, 0.05) is 10.6 Å². The van der Waals surface area contributed by atoms with Gasteiger partial charge in [-0.3, -0.25) is 9.59 Å². The molecule has 6 nitrogen and oxygen atoms in total. The minimum atomic E-state index is -1.86. The van der Waals surface area contributed by atoms with E-state index in [4.69, 9.17) is 11.6 Å². The van der Waals surface area contributed by atoms with Crippen molar-refractivity contribution < 1.29 is 24.0 Å². The molecular weight excluding hydrogens is 494 g/mol. The van der Waals surface area contributed by atoms with Gasteiger partial charge in [0.15, 0.2) is 0 Å². The van der Waals surface area contributed by atoms with Gasteiger partial charge in [-0.1, -0.05) is 54.1 Å². The number of fused-ring (bicyclic) bond motifs is 1. The molecule has 1 aliphatic rings. The Morgan fingerprint density at radius 3 is 2.49 bits per heavy atom. The highest BCUT2D eigenvalue weighted by Gasteiger charge is 2.29. The molecule has 0 aliphatic heterocycles. The molecule has 0 aromatic heterocycles. The third-order valence-electron chi connectivity index (χ3n) is 6.67. The van der Waals surface area contributed by atoms with E-state index in [0.717, 1.165) is 31.2 Å². The Morgan fingerprint density at radius 2 is 1.73 bits per heavy atom. The number of hydrogen-bond acceptors (Lipinski definition) is 4. The van der Waals surface area contributed by atoms with Crippen LogP contribution < -0.4 is 10.6 Å². The maximum Gasteiger partial charge on any atom is 0.475 e. The van der Waals surface area contributed by atoms with Gasteiger partial charge in [-0.25, -0.2) is 4.39 Å². The van der Waals surface area contributed by atoms with Crippen LogP contribution >= 0.6 is 11.6 Å². The first-order valence-electron chi connectivity index (χ1n) is 12.4. The fraction of sp³-hybridized carbons (Fsp3) is 0.286. The van der Waals surface area contributed by atoms with E-state index in [0.29, 0.717) is 21.7 Å². The zero-order valence-electron chi connectivity index (χ0n) is 20.3. The molecule has 4 rings (SSSR count). The summed E-state index contributed by atoms with van der Waals surface area (Å²) < 4.78 is 13.6. The molecule has 0 bridgehead atoms. The normalized spacial score (nSPS) is 14.3. The van der Waals surface area contributed by atoms with Crippen LogP contribution in [0.5, 0.6) is 0 Å². The first kappa shape index (κ1) is 26.9. The second-order valence-corrected chi connectivity index (χ2v) is 9.73. The van der Waals surface area contributed by atoms with Gasteiger partial charge in [0.05, 0.1) is 18.4 Å². The van der Waals surface area contributed by atoms with Crippen LogP contribution in [-0.4, -0.2) is 34.9 Å². The maximum atomic E-state index is 13.6. The number of rotatable bonds is 9. The average molecular weight is 523 g/mol. The molecule has 2 unspecified atom stereocenters. The molecule has 0 fully saturated rings. The minimum absolute atomic E-state index is 0.0143. The van der Waals surface area contributed by atoms with Crippen LogP contribution in [0.1, 0.15) is 57.9 Å². The highest BCUT2D eigenvalue weighted by atomic mass is 35.5. The van der Waals surface area contributed by atoms with Crippen LogP contribution in [0.2, 0.25) is 5.02 Å². The van der Waals surface area contributed by atoms with E-state index in [2.05, 4.69) is 10.6 Å². The molecule has 2 atom stereocenters. The number of carbonyl (C=O) groups is 2. The molecule has 0 saturated heterocycles. The van der Waals surface area contributed by atoms with Crippen LogP contribution in [0.4, 0.5) is 4.39 Å². The third kappa shape index (κ3) is 6.98. The van der Waals surface area contributed by atoms with Gasteiger partial charge in [0.1, 0.15) is 5.82 Å². The molecule has 3 aromatic rings. The lowest BCUT2D eigenvalue weighted by Gasteiger charge is -2.24. The zero-order chi connectivity index (χ0) is 26.4. The summed E-state index contributed by atoms with van der Waals surface area (Å²) >= 11 is 6.43. The van der Waals surface area contributed by atoms with Gasteiger partial charge < -0.3 is 20.7 Å². The Balaban J connectivity index is 1.53. The average Bonchev–Trinajstić information content (AvgIpc) is 2.88. The molecule has 2 amide bonds. The lowest BCUT2D eigenvalue weighted by Crippen LogP contribution is -2.48. The molecule has 4 N–H and O–H groups in total. The Kier molecular flexibility index (Phi) is 8.97. The van der Waals surface area contributed by atoms with Gasteiger partial charge in [-0.05, 0) is 78.6 Å². The summed E-state index contributed by atoms with van der Waals surface area (Å²) in [5.74, 6) is -2.34. The van der Waals surface area contributed by atoms with Crippen molar-refractivity contribution in [1.29, 1.82) is 0 Å². The topological polar surface area (TPSA) is 98.7 Å². The van der Waals surface area contributed by atoms with Gasteiger partial charge in [0.25, 0.3) is 5.91 Å². The van der Waals surface area contributed by atoms with Gasteiger partial charge in [0.2, 0.25) is 5.91 Å². The fourth-order valence-electron chi connectivity index (χ4n) is 4.83. The molecule has 0 heterocycles. The SMILES string of the molecule is O=C(CC(NC(=O)c1cccc2c1CCCC2)c1ccccc1Cl)NC(Cc1cccc(F)c1)B(O)O. The first-order valence-corrected chi connectivity index (χ1v) is 12.8. The number of aryl methyl sites for hydroxylation is 1. The number of hydrogen-bond donors (Lipinski definition) is 4. The molecule has 9 heteroatoms. The predicted octanol–water partition coefficient (Wildman–Crippen LogP) is 3.96. The Morgan fingerprint density at radius 1 is 0.973 bits per heavy atom. The molecule has 0 spiro atoms. The number of amides is 2. The van der Waals surface area contributed by atoms with E-state index in [1.54, 1.807) is 36.4 Å². The van der Waals surface area contributed by atoms with Crippen LogP contribution in [0.3, 0.4) is 0 Å². The smallest absolute Gasteiger partial charge is 0.426 e. The number of nitrogens with one attached hydrogen (secondary N) is 2. The van der Waals surface area contributed by atoms with E-state index in [1.807, 2.05) is 12.1 Å². The van der Waals surface area contributed by atoms with Gasteiger partial charge >= 0.3 is 7.12 Å². The first-order chi connectivity index (χ1) is 17.8. The van der Waals surface area contributed by atoms with E-state index < -0.39 is 30.8 Å². The molecule has 0 saturated carbocycles. The summed E-state index contributed by atoms with van der Waals surface area (Å²) in [4.78, 5) is 26.5. The highest BCUT2D eigenvalue weighted by molar-refractivity contribution is 6.43. The molecular formula is C28H29BClFN2O4. The summed E-state index contributed by atoms with van der Waals surface area (Å²) in [6, 6.07) is 17.6. The van der Waals surface area contributed by atoms with Gasteiger partial charge in [-0.15, -0.1) is 0 Å². The number of benzene rings is 3. The van der Waals surface area contributed by atoms with Crippen molar-refractivity contribution in [3.05, 3.63) is 105 Å². The third-order valence-corrected chi connectivity index (χ3v) is 7.01. The minimum Gasteiger partial charge on any atom is -0.426 e. The maximum absolute atomic E-state index is 13.6. The van der Waals surface area contributed by atoms with E-state index in [-0.39, 0.29) is 18.7 Å². The summed E-state index contributed by atoms with van der Waals surface area (Å²) in [7, 11) is -1.86. The van der Waals surface area contributed by atoms with Crippen molar-refractivity contribution >= 4 is 30.5 Å². The van der Waals surface area contributed by atoms with Crippen molar-refractivity contribution in [1.82, 2.24) is 10.6 Å². The quantitative estimate of drug-likeness (QED) is 0.320. The number of halogens is 2. The van der Waals surface area contributed by atoms with Gasteiger partial charge in [-0.2, -0.15) is 0 Å². The highest BCUT2D eigenvalue weighted by Crippen LogP contribution is 2.28. The summed E-state index contributed by atoms with van der Waals surface area (Å²) in [5.41, 5.74) is 3.87. The fourth-order valence-corrected chi connectivity index (χ4v) is 5.09. The van der Waals surface area contributed by atoms with Crippen LogP contribution in [0.15, 0.2) is 66.7 Å². The lowest BCUT2D eigenvalue weighted by atomic mass is 9.75. The van der Waals surface area contributed by atoms with Crippen molar-refractivity contribution in [3.8, 4) is 0 Å². The molecule has 192 valence electrons. The zero-order valence-corrected chi connectivity index (χ0v) is 21.0. The van der Waals surface area contributed by atoms with Crippen molar-refractivity contribution in [3.63, 3.8) is 0 Å². The predicted molar refractivity (Wildman–Crippen MR) is 142 cm³/mol. The van der Waals surface area contributed by atoms with E-state index in [1.165, 1.54) is 23.8 Å². The molecule has 0 radical (unpaired) electrons. The largest absolute Gasteiger partial charge is 0.475 e. The summed E-state index contributed by atoms with van der Waals surface area (Å²) in [6.45, 7) is 0. The second-order valence-electron chi connectivity index (χ2n) is 9.32. The number of carbonyl (C=O) groups excluding carboxylic acids is 2. The Hall–Kier alpha value is -3.20. The van der Waals surface area contributed by atoms with E-state index >= 15 is 0 Å². The van der Waals surface area contributed by atoms with Crippen LogP contribution in [-0.2, 0) is 24.1 Å². The summed E-state index contributed by atoms with van der Waals surface area (Å²) in [5, 5.41) is 25.7. The Bertz CT molecular complexity index is 1270. The summed E-state index contributed by atoms with van der Waals surface area (Å²) in [6.07, 6.45) is 3.70. The van der Waals surface area contributed by atoms with Crippen LogP contribution in [0, 0.1) is 5.82 Å². The molecule has 1 aliphatic carbocycles.